The number of carbonyl (C=O) groups is 1. The maximum Gasteiger partial charge on any atom is 0.130 e. The average Bonchev–Trinajstić information content (AvgIpc) is 2.33. The third kappa shape index (κ3) is 4.90. The summed E-state index contributed by atoms with van der Waals surface area (Å²) in [5.41, 5.74) is 2.46. The zero-order valence-corrected chi connectivity index (χ0v) is 12.6. The van der Waals surface area contributed by atoms with Crippen molar-refractivity contribution in [3.05, 3.63) is 35.4 Å². The molecule has 0 radical (unpaired) electrons. The van der Waals surface area contributed by atoms with Gasteiger partial charge in [0, 0.05) is 12.0 Å². The Balaban J connectivity index is 2.93. The van der Waals surface area contributed by atoms with Gasteiger partial charge in [0.2, 0.25) is 0 Å². The minimum absolute atomic E-state index is 0.119. The predicted molar refractivity (Wildman–Crippen MR) is 80.6 cm³/mol. The van der Waals surface area contributed by atoms with Gasteiger partial charge in [0.15, 0.2) is 0 Å². The summed E-state index contributed by atoms with van der Waals surface area (Å²) in [5, 5.41) is 0. The predicted octanol–water partition coefficient (Wildman–Crippen LogP) is 4.38. The van der Waals surface area contributed by atoms with Crippen molar-refractivity contribution in [3.63, 3.8) is 0 Å². The Morgan fingerprint density at radius 1 is 1.32 bits per heavy atom. The molecule has 2 heteroatoms. The van der Waals surface area contributed by atoms with E-state index in [0.29, 0.717) is 6.42 Å². The average molecular weight is 260 g/mol. The monoisotopic (exact) mass is 260 g/mol. The number of Topliss-reactive ketones (excluding diaryl/α,β-unsaturated/α-hetero) is 1. The Labute approximate surface area is 116 Å². The molecule has 104 valence electrons. The SMILES string of the molecule is COc1ccc(C(C)(C)C)cc1/C=C/CCC(C)=O. The van der Waals surface area contributed by atoms with E-state index in [4.69, 9.17) is 4.74 Å². The molecule has 0 heterocycles. The molecule has 0 aliphatic heterocycles. The molecule has 2 nitrogen and oxygen atoms in total. The van der Waals surface area contributed by atoms with Gasteiger partial charge >= 0.3 is 0 Å². The molecule has 0 amide bonds. The number of ether oxygens (including phenoxy) is 1. The third-order valence-electron chi connectivity index (χ3n) is 3.06. The van der Waals surface area contributed by atoms with Gasteiger partial charge in [0.25, 0.3) is 0 Å². The van der Waals surface area contributed by atoms with Gasteiger partial charge < -0.3 is 9.53 Å². The lowest BCUT2D eigenvalue weighted by Crippen LogP contribution is -2.11. The van der Waals surface area contributed by atoms with E-state index in [0.717, 1.165) is 17.7 Å². The number of allylic oxidation sites excluding steroid dienone is 1. The van der Waals surface area contributed by atoms with Gasteiger partial charge in [-0.05, 0) is 36.5 Å². The first-order valence-corrected chi connectivity index (χ1v) is 6.69. The number of carbonyl (C=O) groups excluding carboxylic acids is 1. The van der Waals surface area contributed by atoms with E-state index in [2.05, 4.69) is 32.9 Å². The molecule has 0 aliphatic rings. The zero-order valence-electron chi connectivity index (χ0n) is 12.6. The molecule has 0 aliphatic carbocycles. The Hall–Kier alpha value is -1.57. The van der Waals surface area contributed by atoms with Gasteiger partial charge in [-0.15, -0.1) is 0 Å². The molecule has 1 rings (SSSR count). The van der Waals surface area contributed by atoms with E-state index in [9.17, 15) is 4.79 Å². The van der Waals surface area contributed by atoms with Crippen molar-refractivity contribution in [2.75, 3.05) is 7.11 Å². The van der Waals surface area contributed by atoms with Crippen LogP contribution in [0.15, 0.2) is 24.3 Å². The largest absolute Gasteiger partial charge is 0.496 e. The fourth-order valence-electron chi connectivity index (χ4n) is 1.83. The molecule has 0 aromatic heterocycles. The van der Waals surface area contributed by atoms with Gasteiger partial charge in [-0.3, -0.25) is 0 Å². The minimum atomic E-state index is 0.119. The van der Waals surface area contributed by atoms with Crippen molar-refractivity contribution in [2.24, 2.45) is 0 Å². The molecular weight excluding hydrogens is 236 g/mol. The van der Waals surface area contributed by atoms with E-state index in [1.807, 2.05) is 18.2 Å². The quantitative estimate of drug-likeness (QED) is 0.785. The highest BCUT2D eigenvalue weighted by Gasteiger charge is 2.14. The normalized spacial score (nSPS) is 11.8. The van der Waals surface area contributed by atoms with Crippen LogP contribution in [0.25, 0.3) is 6.08 Å². The Kier molecular flexibility index (Phi) is 5.34. The van der Waals surface area contributed by atoms with Crippen molar-refractivity contribution in [1.82, 2.24) is 0 Å². The summed E-state index contributed by atoms with van der Waals surface area (Å²) >= 11 is 0. The van der Waals surface area contributed by atoms with Crippen LogP contribution in [0.1, 0.15) is 51.7 Å². The molecule has 19 heavy (non-hydrogen) atoms. The van der Waals surface area contributed by atoms with Crippen LogP contribution >= 0.6 is 0 Å². The van der Waals surface area contributed by atoms with Gasteiger partial charge in [0.05, 0.1) is 7.11 Å². The number of hydrogen-bond donors (Lipinski definition) is 0. The second-order valence-corrected chi connectivity index (χ2v) is 5.85. The summed E-state index contributed by atoms with van der Waals surface area (Å²) in [5.74, 6) is 1.09. The van der Waals surface area contributed by atoms with Crippen LogP contribution in [0.5, 0.6) is 5.75 Å². The summed E-state index contributed by atoms with van der Waals surface area (Å²) in [6.45, 7) is 8.20. The van der Waals surface area contributed by atoms with E-state index in [1.165, 1.54) is 5.56 Å². The minimum Gasteiger partial charge on any atom is -0.496 e. The van der Waals surface area contributed by atoms with Crippen LogP contribution in [0.4, 0.5) is 0 Å². The highest BCUT2D eigenvalue weighted by Crippen LogP contribution is 2.28. The molecule has 0 unspecified atom stereocenters. The van der Waals surface area contributed by atoms with Crippen molar-refractivity contribution in [2.45, 2.75) is 46.0 Å². The third-order valence-corrected chi connectivity index (χ3v) is 3.06. The standard InChI is InChI=1S/C17H24O2/c1-13(18)8-6-7-9-14-12-15(17(2,3)4)10-11-16(14)19-5/h7,9-12H,6,8H2,1-5H3/b9-7+. The van der Waals surface area contributed by atoms with Gasteiger partial charge in [-0.2, -0.15) is 0 Å². The summed E-state index contributed by atoms with van der Waals surface area (Å²) in [4.78, 5) is 10.9. The van der Waals surface area contributed by atoms with E-state index >= 15 is 0 Å². The summed E-state index contributed by atoms with van der Waals surface area (Å²) in [6.07, 6.45) is 5.44. The Morgan fingerprint density at radius 2 is 2.00 bits per heavy atom. The molecule has 0 fully saturated rings. The van der Waals surface area contributed by atoms with E-state index in [1.54, 1.807) is 14.0 Å². The second kappa shape index (κ2) is 6.55. The summed E-state index contributed by atoms with van der Waals surface area (Å²) in [7, 11) is 1.68. The van der Waals surface area contributed by atoms with Crippen LogP contribution in [0, 0.1) is 0 Å². The molecule has 0 atom stereocenters. The maximum absolute atomic E-state index is 10.9. The fraction of sp³-hybridized carbons (Fsp3) is 0.471. The van der Waals surface area contributed by atoms with Gasteiger partial charge in [-0.1, -0.05) is 39.0 Å². The van der Waals surface area contributed by atoms with Gasteiger partial charge in [0.1, 0.15) is 11.5 Å². The molecule has 1 aromatic rings. The zero-order chi connectivity index (χ0) is 14.5. The first-order chi connectivity index (χ1) is 8.84. The number of ketones is 1. The van der Waals surface area contributed by atoms with Crippen LogP contribution in [-0.2, 0) is 10.2 Å². The number of benzene rings is 1. The number of hydrogen-bond acceptors (Lipinski definition) is 2. The van der Waals surface area contributed by atoms with Crippen molar-refractivity contribution >= 4 is 11.9 Å². The van der Waals surface area contributed by atoms with E-state index < -0.39 is 0 Å². The van der Waals surface area contributed by atoms with Crippen molar-refractivity contribution < 1.29 is 9.53 Å². The van der Waals surface area contributed by atoms with Gasteiger partial charge in [-0.25, -0.2) is 0 Å². The fourth-order valence-corrected chi connectivity index (χ4v) is 1.83. The topological polar surface area (TPSA) is 26.3 Å². The smallest absolute Gasteiger partial charge is 0.130 e. The van der Waals surface area contributed by atoms with Crippen molar-refractivity contribution in [1.29, 1.82) is 0 Å². The van der Waals surface area contributed by atoms with Crippen LogP contribution in [-0.4, -0.2) is 12.9 Å². The van der Waals surface area contributed by atoms with Crippen LogP contribution in [0.3, 0.4) is 0 Å². The Morgan fingerprint density at radius 3 is 2.53 bits per heavy atom. The lowest BCUT2D eigenvalue weighted by atomic mass is 9.86. The van der Waals surface area contributed by atoms with E-state index in [-0.39, 0.29) is 11.2 Å². The molecule has 0 saturated carbocycles. The first kappa shape index (κ1) is 15.5. The molecule has 1 aromatic carbocycles. The molecule has 0 saturated heterocycles. The first-order valence-electron chi connectivity index (χ1n) is 6.69. The summed E-state index contributed by atoms with van der Waals surface area (Å²) in [6, 6.07) is 6.26. The highest BCUT2D eigenvalue weighted by molar-refractivity contribution is 5.75. The van der Waals surface area contributed by atoms with Crippen LogP contribution in [0.2, 0.25) is 0 Å². The molecular formula is C17H24O2. The second-order valence-electron chi connectivity index (χ2n) is 5.85. The number of rotatable bonds is 5. The lowest BCUT2D eigenvalue weighted by molar-refractivity contribution is -0.116. The Bertz CT molecular complexity index is 465. The molecule has 0 bridgehead atoms. The number of methoxy groups -OCH3 is 1. The molecule has 0 N–H and O–H groups in total. The lowest BCUT2D eigenvalue weighted by Gasteiger charge is -2.20. The van der Waals surface area contributed by atoms with Crippen molar-refractivity contribution in [3.8, 4) is 5.75 Å². The van der Waals surface area contributed by atoms with Crippen LogP contribution < -0.4 is 4.74 Å². The highest BCUT2D eigenvalue weighted by atomic mass is 16.5. The maximum atomic E-state index is 10.9. The summed E-state index contributed by atoms with van der Waals surface area (Å²) < 4.78 is 5.37. The molecule has 0 spiro atoms.